The lowest BCUT2D eigenvalue weighted by atomic mass is 10.2. The van der Waals surface area contributed by atoms with Crippen LogP contribution in [0.3, 0.4) is 0 Å². The number of anilines is 2. The van der Waals surface area contributed by atoms with Gasteiger partial charge in [-0.25, -0.2) is 15.0 Å². The fourth-order valence-electron chi connectivity index (χ4n) is 2.82. The van der Waals surface area contributed by atoms with Gasteiger partial charge in [0.2, 0.25) is 0 Å². The highest BCUT2D eigenvalue weighted by atomic mass is 32.1. The summed E-state index contributed by atoms with van der Waals surface area (Å²) in [5.74, 6) is 1.78. The molecule has 1 N–H and O–H groups in total. The standard InChI is InChI=1S/C15H21N5S/c1-4-20-7-5-6-12(20)14-17-10(2)8-13(18-14)19-15-16-9-11(3)21-15/h8-9,12H,4-7H2,1-3H3,(H,16,17,18,19)/t12-/m1/s1. The molecule has 112 valence electrons. The summed E-state index contributed by atoms with van der Waals surface area (Å²) in [6.45, 7) is 8.47. The van der Waals surface area contributed by atoms with Crippen LogP contribution in [0.25, 0.3) is 0 Å². The SMILES string of the molecule is CCN1CCC[C@@H]1c1nc(C)cc(Nc2ncc(C)s2)n1. The largest absolute Gasteiger partial charge is 0.316 e. The number of rotatable bonds is 4. The van der Waals surface area contributed by atoms with Crippen LogP contribution in [0.5, 0.6) is 0 Å². The van der Waals surface area contributed by atoms with E-state index in [2.05, 4.69) is 34.0 Å². The number of nitrogens with one attached hydrogen (secondary N) is 1. The fourth-order valence-corrected chi connectivity index (χ4v) is 3.50. The first-order valence-corrected chi connectivity index (χ1v) is 8.26. The Hall–Kier alpha value is -1.53. The van der Waals surface area contributed by atoms with E-state index in [1.807, 2.05) is 19.2 Å². The van der Waals surface area contributed by atoms with Gasteiger partial charge in [0.05, 0.1) is 6.04 Å². The quantitative estimate of drug-likeness (QED) is 0.937. The first-order chi connectivity index (χ1) is 10.2. The molecule has 0 bridgehead atoms. The molecule has 3 heterocycles. The van der Waals surface area contributed by atoms with Crippen molar-refractivity contribution < 1.29 is 0 Å². The van der Waals surface area contributed by atoms with Gasteiger partial charge in [0, 0.05) is 22.8 Å². The molecular formula is C15H21N5S. The molecule has 1 saturated heterocycles. The van der Waals surface area contributed by atoms with Crippen LogP contribution < -0.4 is 5.32 Å². The Morgan fingerprint density at radius 3 is 2.95 bits per heavy atom. The van der Waals surface area contributed by atoms with Crippen LogP contribution in [0.2, 0.25) is 0 Å². The molecular weight excluding hydrogens is 282 g/mol. The zero-order valence-electron chi connectivity index (χ0n) is 12.8. The van der Waals surface area contributed by atoms with Gasteiger partial charge in [-0.15, -0.1) is 11.3 Å². The van der Waals surface area contributed by atoms with Gasteiger partial charge < -0.3 is 5.32 Å². The third kappa shape index (κ3) is 3.22. The molecule has 2 aromatic heterocycles. The molecule has 6 heteroatoms. The van der Waals surface area contributed by atoms with Gasteiger partial charge in [-0.05, 0) is 39.8 Å². The molecule has 21 heavy (non-hydrogen) atoms. The maximum Gasteiger partial charge on any atom is 0.188 e. The topological polar surface area (TPSA) is 53.9 Å². The summed E-state index contributed by atoms with van der Waals surface area (Å²) < 4.78 is 0. The third-order valence-corrected chi connectivity index (χ3v) is 4.62. The zero-order valence-corrected chi connectivity index (χ0v) is 13.6. The van der Waals surface area contributed by atoms with Crippen molar-refractivity contribution in [3.8, 4) is 0 Å². The van der Waals surface area contributed by atoms with E-state index in [0.717, 1.165) is 42.0 Å². The van der Waals surface area contributed by atoms with E-state index in [-0.39, 0.29) is 0 Å². The van der Waals surface area contributed by atoms with E-state index in [1.165, 1.54) is 11.3 Å². The highest BCUT2D eigenvalue weighted by Crippen LogP contribution is 2.30. The molecule has 1 aliphatic rings. The minimum Gasteiger partial charge on any atom is -0.316 e. The van der Waals surface area contributed by atoms with Gasteiger partial charge in [-0.3, -0.25) is 4.90 Å². The Morgan fingerprint density at radius 2 is 2.24 bits per heavy atom. The summed E-state index contributed by atoms with van der Waals surface area (Å²) in [4.78, 5) is 17.3. The molecule has 0 spiro atoms. The molecule has 0 aromatic carbocycles. The molecule has 1 aliphatic heterocycles. The normalized spacial score (nSPS) is 19.1. The van der Waals surface area contributed by atoms with Crippen molar-refractivity contribution in [2.24, 2.45) is 0 Å². The van der Waals surface area contributed by atoms with Crippen LogP contribution in [0, 0.1) is 13.8 Å². The Bertz CT molecular complexity index is 624. The lowest BCUT2D eigenvalue weighted by Crippen LogP contribution is -2.24. The third-order valence-electron chi connectivity index (χ3n) is 3.80. The van der Waals surface area contributed by atoms with Crippen LogP contribution in [-0.4, -0.2) is 32.9 Å². The van der Waals surface area contributed by atoms with Crippen LogP contribution >= 0.6 is 11.3 Å². The van der Waals surface area contributed by atoms with Crippen molar-refractivity contribution in [2.75, 3.05) is 18.4 Å². The van der Waals surface area contributed by atoms with Gasteiger partial charge >= 0.3 is 0 Å². The van der Waals surface area contributed by atoms with Crippen molar-refractivity contribution in [1.29, 1.82) is 0 Å². The minimum absolute atomic E-state index is 0.355. The first kappa shape index (κ1) is 14.4. The van der Waals surface area contributed by atoms with Gasteiger partial charge in [0.25, 0.3) is 0 Å². The number of thiazole rings is 1. The molecule has 0 saturated carbocycles. The lowest BCUT2D eigenvalue weighted by molar-refractivity contribution is 0.262. The second-order valence-corrected chi connectivity index (χ2v) is 6.68. The van der Waals surface area contributed by atoms with E-state index in [1.54, 1.807) is 11.3 Å². The highest BCUT2D eigenvalue weighted by Gasteiger charge is 2.27. The summed E-state index contributed by atoms with van der Waals surface area (Å²) in [5.41, 5.74) is 0.999. The Kier molecular flexibility index (Phi) is 4.17. The number of hydrogen-bond acceptors (Lipinski definition) is 6. The monoisotopic (exact) mass is 303 g/mol. The van der Waals surface area contributed by atoms with Crippen molar-refractivity contribution in [3.05, 3.63) is 28.7 Å². The van der Waals surface area contributed by atoms with Gasteiger partial charge in [0.1, 0.15) is 11.6 Å². The maximum atomic E-state index is 4.72. The van der Waals surface area contributed by atoms with E-state index in [9.17, 15) is 0 Å². The Labute approximate surface area is 129 Å². The molecule has 2 aromatic rings. The number of nitrogens with zero attached hydrogens (tertiary/aromatic N) is 4. The molecule has 0 radical (unpaired) electrons. The van der Waals surface area contributed by atoms with Crippen molar-refractivity contribution in [2.45, 2.75) is 39.7 Å². The molecule has 0 aliphatic carbocycles. The van der Waals surface area contributed by atoms with E-state index >= 15 is 0 Å². The maximum absolute atomic E-state index is 4.72. The molecule has 0 unspecified atom stereocenters. The fraction of sp³-hybridized carbons (Fsp3) is 0.533. The Balaban J connectivity index is 1.85. The molecule has 1 atom stereocenters. The second kappa shape index (κ2) is 6.07. The second-order valence-electron chi connectivity index (χ2n) is 5.44. The van der Waals surface area contributed by atoms with Crippen LogP contribution in [-0.2, 0) is 0 Å². The van der Waals surface area contributed by atoms with Crippen LogP contribution in [0.1, 0.15) is 42.2 Å². The van der Waals surface area contributed by atoms with E-state index in [0.29, 0.717) is 6.04 Å². The number of hydrogen-bond donors (Lipinski definition) is 1. The first-order valence-electron chi connectivity index (χ1n) is 7.45. The number of aryl methyl sites for hydroxylation is 2. The zero-order chi connectivity index (χ0) is 14.8. The predicted octanol–water partition coefficient (Wildman–Crippen LogP) is 3.45. The molecule has 5 nitrogen and oxygen atoms in total. The summed E-state index contributed by atoms with van der Waals surface area (Å²) in [5, 5.41) is 4.18. The lowest BCUT2D eigenvalue weighted by Gasteiger charge is -2.22. The van der Waals surface area contributed by atoms with Gasteiger partial charge in [-0.2, -0.15) is 0 Å². The highest BCUT2D eigenvalue weighted by molar-refractivity contribution is 7.15. The van der Waals surface area contributed by atoms with Gasteiger partial charge in [-0.1, -0.05) is 6.92 Å². The number of likely N-dealkylation sites (tertiary alicyclic amines) is 1. The summed E-state index contributed by atoms with van der Waals surface area (Å²) in [6.07, 6.45) is 4.25. The van der Waals surface area contributed by atoms with Crippen molar-refractivity contribution in [3.63, 3.8) is 0 Å². The van der Waals surface area contributed by atoms with E-state index in [4.69, 9.17) is 4.98 Å². The van der Waals surface area contributed by atoms with E-state index < -0.39 is 0 Å². The average molecular weight is 303 g/mol. The molecule has 3 rings (SSSR count). The summed E-state index contributed by atoms with van der Waals surface area (Å²) in [6, 6.07) is 2.33. The average Bonchev–Trinajstić information content (AvgIpc) is 3.06. The van der Waals surface area contributed by atoms with Crippen LogP contribution in [0.4, 0.5) is 10.9 Å². The van der Waals surface area contributed by atoms with Gasteiger partial charge in [0.15, 0.2) is 5.13 Å². The van der Waals surface area contributed by atoms with Crippen molar-refractivity contribution >= 4 is 22.3 Å². The summed E-state index contributed by atoms with van der Waals surface area (Å²) >= 11 is 1.64. The van der Waals surface area contributed by atoms with Crippen molar-refractivity contribution in [1.82, 2.24) is 19.9 Å². The summed E-state index contributed by atoms with van der Waals surface area (Å²) in [7, 11) is 0. The molecule has 1 fully saturated rings. The number of aromatic nitrogens is 3. The molecule has 0 amide bonds. The predicted molar refractivity (Wildman–Crippen MR) is 86.1 cm³/mol. The Morgan fingerprint density at radius 1 is 1.38 bits per heavy atom. The van der Waals surface area contributed by atoms with Crippen LogP contribution in [0.15, 0.2) is 12.3 Å². The minimum atomic E-state index is 0.355. The smallest absolute Gasteiger partial charge is 0.188 e.